The third kappa shape index (κ3) is 11.0. The number of thioether (sulfide) groups is 2. The van der Waals surface area contributed by atoms with E-state index >= 15 is 4.79 Å². The van der Waals surface area contributed by atoms with Crippen molar-refractivity contribution >= 4 is 41.5 Å². The number of carboxylic acids is 1. The number of hydrogen-bond donors (Lipinski definition) is 3. The number of hydroxylamine groups is 2. The fraction of sp³-hybridized carbons (Fsp3) is 0.426. The molecule has 0 saturated heterocycles. The minimum Gasteiger partial charge on any atom is -0.478 e. The molecule has 0 aliphatic heterocycles. The molecule has 0 spiro atoms. The van der Waals surface area contributed by atoms with Crippen LogP contribution in [0.5, 0.6) is 0 Å². The first kappa shape index (κ1) is 46.4. The smallest absolute Gasteiger partial charge is 0.410 e. The summed E-state index contributed by atoms with van der Waals surface area (Å²) in [5.41, 5.74) is -0.0341. The van der Waals surface area contributed by atoms with Crippen LogP contribution in [-0.4, -0.2) is 68.9 Å². The summed E-state index contributed by atoms with van der Waals surface area (Å²) >= 11 is 2.79. The van der Waals surface area contributed by atoms with Crippen molar-refractivity contribution < 1.29 is 29.1 Å². The van der Waals surface area contributed by atoms with Crippen LogP contribution in [0.25, 0.3) is 0 Å². The highest BCUT2D eigenvalue weighted by atomic mass is 32.2. The van der Waals surface area contributed by atoms with E-state index in [1.807, 2.05) is 141 Å². The average molecular weight is 828 g/mol. The highest BCUT2D eigenvalue weighted by Crippen LogP contribution is 2.59. The van der Waals surface area contributed by atoms with E-state index in [1.54, 1.807) is 20.8 Å². The average Bonchev–Trinajstić information content (AvgIpc) is 3.22. The second-order valence-corrected chi connectivity index (χ2v) is 18.0. The van der Waals surface area contributed by atoms with Gasteiger partial charge in [0.25, 0.3) is 5.66 Å². The van der Waals surface area contributed by atoms with Crippen LogP contribution < -0.4 is 10.6 Å². The predicted octanol–water partition coefficient (Wildman–Crippen LogP) is 10.0. The van der Waals surface area contributed by atoms with E-state index in [9.17, 15) is 14.7 Å². The fourth-order valence-corrected chi connectivity index (χ4v) is 10.4. The molecule has 1 unspecified atom stereocenters. The molecular formula is C47H61N3O6S2. The van der Waals surface area contributed by atoms with Crippen molar-refractivity contribution in [1.82, 2.24) is 15.7 Å². The van der Waals surface area contributed by atoms with Gasteiger partial charge in [0.2, 0.25) is 5.91 Å². The topological polar surface area (TPSA) is 117 Å². The zero-order chi connectivity index (χ0) is 42.2. The number of benzene rings is 4. The van der Waals surface area contributed by atoms with Crippen molar-refractivity contribution in [3.05, 3.63) is 144 Å². The molecule has 9 nitrogen and oxygen atoms in total. The van der Waals surface area contributed by atoms with Crippen LogP contribution in [0.15, 0.2) is 121 Å². The van der Waals surface area contributed by atoms with Crippen molar-refractivity contribution in [2.45, 2.75) is 106 Å². The van der Waals surface area contributed by atoms with Crippen LogP contribution in [0.3, 0.4) is 0 Å². The molecule has 4 aromatic rings. The van der Waals surface area contributed by atoms with Crippen LogP contribution >= 0.6 is 23.5 Å². The van der Waals surface area contributed by atoms with Gasteiger partial charge in [-0.1, -0.05) is 148 Å². The Morgan fingerprint density at radius 3 is 1.67 bits per heavy atom. The van der Waals surface area contributed by atoms with E-state index in [-0.39, 0.29) is 13.0 Å². The molecule has 0 aliphatic carbocycles. The van der Waals surface area contributed by atoms with Crippen LogP contribution in [0, 0.1) is 0 Å². The Bertz CT molecular complexity index is 1770. The summed E-state index contributed by atoms with van der Waals surface area (Å²) in [5, 5.41) is 18.9. The molecule has 0 bridgehead atoms. The molecule has 0 radical (unpaired) electrons. The summed E-state index contributed by atoms with van der Waals surface area (Å²) in [6, 6.07) is 39.4. The SMILES string of the molecule is CCCCCON(C(=O)CCc1ccccc1)[C@](NC(=O)OC(C)(C)C)(C(=O)O)[C@](C)(SC(c1ccccc1)(c1ccccc1)c1ccccc1)C(NCCC)SC. The second kappa shape index (κ2) is 21.6. The van der Waals surface area contributed by atoms with E-state index in [0.717, 1.165) is 46.6 Å². The molecule has 0 heterocycles. The molecule has 11 heteroatoms. The third-order valence-electron chi connectivity index (χ3n) is 9.90. The summed E-state index contributed by atoms with van der Waals surface area (Å²) in [5.74, 6) is -2.07. The minimum absolute atomic E-state index is 0.0458. The van der Waals surface area contributed by atoms with Crippen molar-refractivity contribution in [2.75, 3.05) is 19.4 Å². The largest absolute Gasteiger partial charge is 0.478 e. The van der Waals surface area contributed by atoms with Gasteiger partial charge in [-0.25, -0.2) is 9.59 Å². The lowest BCUT2D eigenvalue weighted by Gasteiger charge is -2.55. The summed E-state index contributed by atoms with van der Waals surface area (Å²) in [4.78, 5) is 50.8. The zero-order valence-corrected chi connectivity index (χ0v) is 36.7. The summed E-state index contributed by atoms with van der Waals surface area (Å²) in [7, 11) is 0. The van der Waals surface area contributed by atoms with Crippen LogP contribution in [0.2, 0.25) is 0 Å². The van der Waals surface area contributed by atoms with E-state index in [1.165, 1.54) is 23.5 Å². The Kier molecular flexibility index (Phi) is 17.3. The van der Waals surface area contributed by atoms with Gasteiger partial charge in [-0.3, -0.25) is 14.9 Å². The summed E-state index contributed by atoms with van der Waals surface area (Å²) in [6.45, 7) is 11.6. The first-order valence-electron chi connectivity index (χ1n) is 20.2. The Hall–Kier alpha value is -4.29. The lowest BCUT2D eigenvalue weighted by Crippen LogP contribution is -2.80. The van der Waals surface area contributed by atoms with Crippen molar-refractivity contribution in [3.63, 3.8) is 0 Å². The molecule has 4 aromatic carbocycles. The first-order chi connectivity index (χ1) is 27.8. The third-order valence-corrected chi connectivity index (χ3v) is 13.1. The molecule has 0 saturated carbocycles. The number of alkyl carbamates (subject to hydrolysis) is 1. The molecule has 312 valence electrons. The van der Waals surface area contributed by atoms with Crippen molar-refractivity contribution in [1.29, 1.82) is 0 Å². The number of nitrogens with zero attached hydrogens (tertiary/aromatic N) is 1. The molecular weight excluding hydrogens is 767 g/mol. The Morgan fingerprint density at radius 2 is 1.24 bits per heavy atom. The lowest BCUT2D eigenvalue weighted by molar-refractivity contribution is -0.239. The van der Waals surface area contributed by atoms with Gasteiger partial charge < -0.3 is 15.2 Å². The summed E-state index contributed by atoms with van der Waals surface area (Å²) < 4.78 is 3.12. The number of rotatable bonds is 22. The zero-order valence-electron chi connectivity index (χ0n) is 35.0. The minimum atomic E-state index is -2.57. The second-order valence-electron chi connectivity index (χ2n) is 15.4. The maximum atomic E-state index is 15.1. The number of aliphatic carboxylic acids is 1. The van der Waals surface area contributed by atoms with E-state index in [0.29, 0.717) is 19.4 Å². The Labute approximate surface area is 354 Å². The number of nitrogens with one attached hydrogen (secondary N) is 2. The molecule has 3 N–H and O–H groups in total. The predicted molar refractivity (Wildman–Crippen MR) is 238 cm³/mol. The number of hydrogen-bond acceptors (Lipinski definition) is 8. The normalized spacial score (nSPS) is 14.4. The van der Waals surface area contributed by atoms with Crippen LogP contribution in [-0.2, 0) is 30.3 Å². The first-order valence-corrected chi connectivity index (χ1v) is 22.3. The number of carbonyl (C=O) groups excluding carboxylic acids is 2. The van der Waals surface area contributed by atoms with Crippen molar-refractivity contribution in [2.24, 2.45) is 0 Å². The molecule has 2 amide bonds. The van der Waals surface area contributed by atoms with Gasteiger partial charge in [-0.05, 0) is 82.0 Å². The molecule has 0 fully saturated rings. The molecule has 58 heavy (non-hydrogen) atoms. The molecule has 3 atom stereocenters. The number of unbranched alkanes of at least 4 members (excludes halogenated alkanes) is 2. The Morgan fingerprint density at radius 1 is 0.741 bits per heavy atom. The number of amides is 2. The monoisotopic (exact) mass is 827 g/mol. The number of aryl methyl sites for hydroxylation is 1. The van der Waals surface area contributed by atoms with Gasteiger partial charge in [-0.2, -0.15) is 5.06 Å². The lowest BCUT2D eigenvalue weighted by atomic mass is 9.84. The molecule has 4 rings (SSSR count). The van der Waals surface area contributed by atoms with Gasteiger partial charge in [0.15, 0.2) is 0 Å². The maximum Gasteiger partial charge on any atom is 0.410 e. The highest BCUT2D eigenvalue weighted by Gasteiger charge is 2.68. The quantitative estimate of drug-likeness (QED) is 0.0308. The van der Waals surface area contributed by atoms with E-state index in [4.69, 9.17) is 9.57 Å². The molecule has 0 aromatic heterocycles. The van der Waals surface area contributed by atoms with Crippen LogP contribution in [0.1, 0.15) is 95.9 Å². The standard InChI is InChI=1S/C47H61N3O6S2/c1-8-10-23-35-55-50(40(51)33-32-36-24-15-11-16-25-36)47(42(52)53,49-43(54)56-44(3,4)5)45(6,41(57-7)48-34-9-2)58-46(37-26-17-12-18-27-37,38-28-19-13-20-29-38)39-30-21-14-22-31-39/h11-22,24-31,41,48H,8-10,23,32-35H2,1-7H3,(H,49,54)(H,52,53)/t41?,45-,47-/m1/s1. The number of ether oxygens (including phenoxy) is 1. The summed E-state index contributed by atoms with van der Waals surface area (Å²) in [6.07, 6.45) is 4.12. The maximum absolute atomic E-state index is 15.1. The van der Waals surface area contributed by atoms with E-state index in [2.05, 4.69) is 17.6 Å². The van der Waals surface area contributed by atoms with E-state index < -0.39 is 44.1 Å². The van der Waals surface area contributed by atoms with Gasteiger partial charge >= 0.3 is 12.1 Å². The van der Waals surface area contributed by atoms with Gasteiger partial charge in [0, 0.05) is 6.42 Å². The highest BCUT2D eigenvalue weighted by molar-refractivity contribution is 8.05. The van der Waals surface area contributed by atoms with Crippen LogP contribution in [0.4, 0.5) is 4.79 Å². The molecule has 0 aliphatic rings. The fourth-order valence-electron chi connectivity index (χ4n) is 7.15. The Balaban J connectivity index is 2.16. The van der Waals surface area contributed by atoms with Gasteiger partial charge in [-0.15, -0.1) is 23.5 Å². The van der Waals surface area contributed by atoms with Gasteiger partial charge in [0.1, 0.15) is 5.60 Å². The number of carboxylic acid groups (broad SMARTS) is 1. The number of carbonyl (C=O) groups is 3. The van der Waals surface area contributed by atoms with Gasteiger partial charge in [0.05, 0.1) is 21.5 Å². The van der Waals surface area contributed by atoms with Crippen molar-refractivity contribution in [3.8, 4) is 0 Å².